The molecule has 0 saturated carbocycles. The van der Waals surface area contributed by atoms with Crippen LogP contribution in [0.5, 0.6) is 0 Å². The summed E-state index contributed by atoms with van der Waals surface area (Å²) >= 11 is 5.85. The third-order valence-electron chi connectivity index (χ3n) is 3.00. The molecule has 0 spiro atoms. The third-order valence-corrected chi connectivity index (χ3v) is 3.24. The Kier molecular flexibility index (Phi) is 3.44. The molecule has 1 aliphatic rings. The maximum Gasteiger partial charge on any atom is 0.272 e. The highest BCUT2D eigenvalue weighted by Crippen LogP contribution is 2.19. The highest BCUT2D eigenvalue weighted by Gasteiger charge is 2.24. The van der Waals surface area contributed by atoms with Gasteiger partial charge >= 0.3 is 0 Å². The molecule has 0 aromatic carbocycles. The maximum absolute atomic E-state index is 12.2. The molecule has 1 aromatic heterocycles. The standard InChI is InChI=1S/C12H15ClN2O/c1-9-4-2-3-7-15(9)12(16)11-8-10(13)5-6-14-11/h5-6,8-9H,2-4,7H2,1H3. The van der Waals surface area contributed by atoms with Crippen LogP contribution in [0.2, 0.25) is 5.02 Å². The molecular formula is C12H15ClN2O. The summed E-state index contributed by atoms with van der Waals surface area (Å²) in [5.41, 5.74) is 0.446. The molecular weight excluding hydrogens is 224 g/mol. The summed E-state index contributed by atoms with van der Waals surface area (Å²) < 4.78 is 0. The summed E-state index contributed by atoms with van der Waals surface area (Å²) in [5.74, 6) is -0.00491. The lowest BCUT2D eigenvalue weighted by molar-refractivity contribution is 0.0629. The van der Waals surface area contributed by atoms with E-state index in [9.17, 15) is 4.79 Å². The van der Waals surface area contributed by atoms with Crippen molar-refractivity contribution in [2.75, 3.05) is 6.54 Å². The monoisotopic (exact) mass is 238 g/mol. The Morgan fingerprint density at radius 2 is 2.38 bits per heavy atom. The Labute approximate surface area is 100 Å². The number of pyridine rings is 1. The van der Waals surface area contributed by atoms with E-state index in [1.54, 1.807) is 18.3 Å². The lowest BCUT2D eigenvalue weighted by atomic mass is 10.0. The number of hydrogen-bond acceptors (Lipinski definition) is 2. The fourth-order valence-corrected chi connectivity index (χ4v) is 2.23. The van der Waals surface area contributed by atoms with Crippen LogP contribution in [-0.2, 0) is 0 Å². The molecule has 1 atom stereocenters. The van der Waals surface area contributed by atoms with Crippen LogP contribution in [0.15, 0.2) is 18.3 Å². The van der Waals surface area contributed by atoms with E-state index in [-0.39, 0.29) is 5.91 Å². The normalized spacial score (nSPS) is 20.9. The first-order chi connectivity index (χ1) is 7.68. The fraction of sp³-hybridized carbons (Fsp3) is 0.500. The van der Waals surface area contributed by atoms with E-state index in [0.717, 1.165) is 19.4 Å². The van der Waals surface area contributed by atoms with Crippen LogP contribution in [0.3, 0.4) is 0 Å². The van der Waals surface area contributed by atoms with Crippen molar-refractivity contribution in [3.05, 3.63) is 29.0 Å². The van der Waals surface area contributed by atoms with Crippen molar-refractivity contribution in [1.29, 1.82) is 0 Å². The summed E-state index contributed by atoms with van der Waals surface area (Å²) in [4.78, 5) is 18.1. The molecule has 2 heterocycles. The van der Waals surface area contributed by atoms with Crippen molar-refractivity contribution in [2.45, 2.75) is 32.2 Å². The van der Waals surface area contributed by atoms with Crippen LogP contribution in [-0.4, -0.2) is 28.4 Å². The van der Waals surface area contributed by atoms with Crippen LogP contribution in [0.1, 0.15) is 36.7 Å². The van der Waals surface area contributed by atoms with Gasteiger partial charge < -0.3 is 4.90 Å². The van der Waals surface area contributed by atoms with E-state index < -0.39 is 0 Å². The molecule has 1 aliphatic heterocycles. The second-order valence-electron chi connectivity index (χ2n) is 4.20. The van der Waals surface area contributed by atoms with E-state index in [4.69, 9.17) is 11.6 Å². The molecule has 0 bridgehead atoms. The van der Waals surface area contributed by atoms with E-state index in [0.29, 0.717) is 16.8 Å². The molecule has 3 nitrogen and oxygen atoms in total. The molecule has 86 valence electrons. The minimum absolute atomic E-state index is 0.00491. The van der Waals surface area contributed by atoms with E-state index in [1.165, 1.54) is 6.42 Å². The zero-order chi connectivity index (χ0) is 11.5. The zero-order valence-electron chi connectivity index (χ0n) is 9.32. The SMILES string of the molecule is CC1CCCCN1C(=O)c1cc(Cl)ccn1. The average molecular weight is 239 g/mol. The van der Waals surface area contributed by atoms with Gasteiger partial charge in [0.05, 0.1) is 0 Å². The van der Waals surface area contributed by atoms with Gasteiger partial charge in [0.15, 0.2) is 0 Å². The number of piperidine rings is 1. The van der Waals surface area contributed by atoms with Gasteiger partial charge in [-0.3, -0.25) is 9.78 Å². The number of rotatable bonds is 1. The molecule has 1 aromatic rings. The van der Waals surface area contributed by atoms with Crippen LogP contribution >= 0.6 is 11.6 Å². The molecule has 1 saturated heterocycles. The molecule has 0 N–H and O–H groups in total. The highest BCUT2D eigenvalue weighted by molar-refractivity contribution is 6.30. The third kappa shape index (κ3) is 2.35. The van der Waals surface area contributed by atoms with Gasteiger partial charge in [-0.25, -0.2) is 0 Å². The van der Waals surface area contributed by atoms with Gasteiger partial charge in [-0.1, -0.05) is 11.6 Å². The number of aromatic nitrogens is 1. The first-order valence-electron chi connectivity index (χ1n) is 5.61. The molecule has 0 aliphatic carbocycles. The quantitative estimate of drug-likeness (QED) is 0.754. The van der Waals surface area contributed by atoms with Crippen LogP contribution in [0.25, 0.3) is 0 Å². The smallest absolute Gasteiger partial charge is 0.272 e. The summed E-state index contributed by atoms with van der Waals surface area (Å²) in [5, 5.41) is 0.558. The number of amides is 1. The minimum atomic E-state index is -0.00491. The van der Waals surface area contributed by atoms with Crippen molar-refractivity contribution in [3.63, 3.8) is 0 Å². The summed E-state index contributed by atoms with van der Waals surface area (Å²) in [6.07, 6.45) is 4.93. The van der Waals surface area contributed by atoms with Gasteiger partial charge in [-0.05, 0) is 38.3 Å². The Balaban J connectivity index is 2.17. The van der Waals surface area contributed by atoms with E-state index in [1.807, 2.05) is 4.90 Å². The Morgan fingerprint density at radius 1 is 1.56 bits per heavy atom. The van der Waals surface area contributed by atoms with Gasteiger partial charge in [0, 0.05) is 23.8 Å². The topological polar surface area (TPSA) is 33.2 Å². The molecule has 2 rings (SSSR count). The van der Waals surface area contributed by atoms with Crippen molar-refractivity contribution in [1.82, 2.24) is 9.88 Å². The first-order valence-corrected chi connectivity index (χ1v) is 5.99. The number of likely N-dealkylation sites (tertiary alicyclic amines) is 1. The molecule has 4 heteroatoms. The number of carbonyl (C=O) groups excluding carboxylic acids is 1. The summed E-state index contributed by atoms with van der Waals surface area (Å²) in [6.45, 7) is 2.91. The predicted octanol–water partition coefficient (Wildman–Crippen LogP) is 2.75. The van der Waals surface area contributed by atoms with Crippen LogP contribution < -0.4 is 0 Å². The van der Waals surface area contributed by atoms with Crippen LogP contribution in [0, 0.1) is 0 Å². The molecule has 1 amide bonds. The largest absolute Gasteiger partial charge is 0.335 e. The van der Waals surface area contributed by atoms with Crippen molar-refractivity contribution in [2.24, 2.45) is 0 Å². The number of halogens is 1. The average Bonchev–Trinajstić information content (AvgIpc) is 2.29. The van der Waals surface area contributed by atoms with Gasteiger partial charge in [0.25, 0.3) is 5.91 Å². The molecule has 16 heavy (non-hydrogen) atoms. The fourth-order valence-electron chi connectivity index (χ4n) is 2.07. The summed E-state index contributed by atoms with van der Waals surface area (Å²) in [7, 11) is 0. The predicted molar refractivity (Wildman–Crippen MR) is 63.6 cm³/mol. The Hall–Kier alpha value is -1.09. The number of hydrogen-bond donors (Lipinski definition) is 0. The first kappa shape index (κ1) is 11.4. The second kappa shape index (κ2) is 4.83. The highest BCUT2D eigenvalue weighted by atomic mass is 35.5. The number of carbonyl (C=O) groups is 1. The minimum Gasteiger partial charge on any atom is -0.335 e. The van der Waals surface area contributed by atoms with Crippen molar-refractivity contribution < 1.29 is 4.79 Å². The van der Waals surface area contributed by atoms with Crippen molar-refractivity contribution in [3.8, 4) is 0 Å². The van der Waals surface area contributed by atoms with Gasteiger partial charge in [-0.2, -0.15) is 0 Å². The maximum atomic E-state index is 12.2. The van der Waals surface area contributed by atoms with E-state index >= 15 is 0 Å². The molecule has 0 radical (unpaired) electrons. The second-order valence-corrected chi connectivity index (χ2v) is 4.64. The summed E-state index contributed by atoms with van der Waals surface area (Å²) in [6, 6.07) is 3.62. The lowest BCUT2D eigenvalue weighted by Crippen LogP contribution is -2.42. The molecule has 1 unspecified atom stereocenters. The van der Waals surface area contributed by atoms with Gasteiger partial charge in [0.2, 0.25) is 0 Å². The van der Waals surface area contributed by atoms with Gasteiger partial charge in [0.1, 0.15) is 5.69 Å². The Bertz CT molecular complexity index is 394. The lowest BCUT2D eigenvalue weighted by Gasteiger charge is -2.33. The van der Waals surface area contributed by atoms with Crippen LogP contribution in [0.4, 0.5) is 0 Å². The van der Waals surface area contributed by atoms with Gasteiger partial charge in [-0.15, -0.1) is 0 Å². The Morgan fingerprint density at radius 3 is 3.06 bits per heavy atom. The van der Waals surface area contributed by atoms with E-state index in [2.05, 4.69) is 11.9 Å². The number of nitrogens with zero attached hydrogens (tertiary/aromatic N) is 2. The molecule has 1 fully saturated rings. The zero-order valence-corrected chi connectivity index (χ0v) is 10.1. The van der Waals surface area contributed by atoms with Crippen molar-refractivity contribution >= 4 is 17.5 Å².